The first-order valence-corrected chi connectivity index (χ1v) is 6.30. The van der Waals surface area contributed by atoms with E-state index >= 15 is 0 Å². The number of rotatable bonds is 6. The van der Waals surface area contributed by atoms with E-state index in [9.17, 15) is 10.2 Å². The second kappa shape index (κ2) is 4.40. The van der Waals surface area contributed by atoms with Crippen LogP contribution in [0.15, 0.2) is 0 Å². The van der Waals surface area contributed by atoms with Crippen LogP contribution < -0.4 is 0 Å². The number of hydrogen-bond donors (Lipinski definition) is 2. The molecule has 1 aliphatic rings. The zero-order valence-electron chi connectivity index (χ0n) is 10.2. The molecule has 1 aromatic heterocycles. The fraction of sp³-hybridized carbons (Fsp3) is 0.692. The van der Waals surface area contributed by atoms with Gasteiger partial charge in [0.2, 0.25) is 0 Å². The third-order valence-electron chi connectivity index (χ3n) is 3.51. The van der Waals surface area contributed by atoms with Crippen LogP contribution in [0, 0.1) is 0 Å². The SMILES string of the molecule is CCCCCCC(C)n1c(O)c2c(c1O)C2. The predicted molar refractivity (Wildman–Crippen MR) is 64.0 cm³/mol. The Morgan fingerprint density at radius 3 is 2.31 bits per heavy atom. The first kappa shape index (κ1) is 11.4. The Hall–Kier alpha value is -1.12. The van der Waals surface area contributed by atoms with E-state index < -0.39 is 0 Å². The summed E-state index contributed by atoms with van der Waals surface area (Å²) in [5.41, 5.74) is 1.89. The number of aromatic hydroxyl groups is 2. The summed E-state index contributed by atoms with van der Waals surface area (Å²) >= 11 is 0. The van der Waals surface area contributed by atoms with Crippen molar-refractivity contribution in [2.24, 2.45) is 0 Å². The van der Waals surface area contributed by atoms with Gasteiger partial charge in [-0.05, 0) is 13.3 Å². The molecule has 1 heterocycles. The summed E-state index contributed by atoms with van der Waals surface area (Å²) in [5.74, 6) is 0.575. The van der Waals surface area contributed by atoms with Crippen molar-refractivity contribution >= 4 is 0 Å². The quantitative estimate of drug-likeness (QED) is 0.738. The Morgan fingerprint density at radius 1 is 1.12 bits per heavy atom. The van der Waals surface area contributed by atoms with Crippen molar-refractivity contribution in [1.82, 2.24) is 4.57 Å². The second-order valence-electron chi connectivity index (χ2n) is 4.85. The van der Waals surface area contributed by atoms with Gasteiger partial charge in [-0.25, -0.2) is 0 Å². The summed E-state index contributed by atoms with van der Waals surface area (Å²) in [6.45, 7) is 4.26. The molecule has 1 aliphatic carbocycles. The highest BCUT2D eigenvalue weighted by Gasteiger charge is 2.34. The van der Waals surface area contributed by atoms with Crippen molar-refractivity contribution < 1.29 is 10.2 Å². The van der Waals surface area contributed by atoms with Gasteiger partial charge in [0.1, 0.15) is 0 Å². The summed E-state index contributed by atoms with van der Waals surface area (Å²) in [6.07, 6.45) is 6.71. The molecule has 1 aromatic rings. The molecule has 1 unspecified atom stereocenters. The van der Waals surface area contributed by atoms with Crippen LogP contribution in [-0.4, -0.2) is 14.8 Å². The van der Waals surface area contributed by atoms with E-state index in [2.05, 4.69) is 13.8 Å². The smallest absolute Gasteiger partial charge is 0.198 e. The molecule has 90 valence electrons. The van der Waals surface area contributed by atoms with Gasteiger partial charge in [0.15, 0.2) is 11.8 Å². The first-order valence-electron chi connectivity index (χ1n) is 6.30. The van der Waals surface area contributed by atoms with Crippen LogP contribution in [0.3, 0.4) is 0 Å². The van der Waals surface area contributed by atoms with Crippen molar-refractivity contribution in [2.75, 3.05) is 0 Å². The molecule has 0 bridgehead atoms. The maximum Gasteiger partial charge on any atom is 0.198 e. The van der Waals surface area contributed by atoms with Gasteiger partial charge in [-0.2, -0.15) is 0 Å². The minimum atomic E-state index is 0.199. The number of unbranched alkanes of at least 4 members (excludes halogenated alkanes) is 3. The highest BCUT2D eigenvalue weighted by molar-refractivity contribution is 5.59. The Labute approximate surface area is 96.7 Å². The van der Waals surface area contributed by atoms with Gasteiger partial charge in [-0.3, -0.25) is 4.57 Å². The van der Waals surface area contributed by atoms with Crippen LogP contribution in [0.5, 0.6) is 11.8 Å². The van der Waals surface area contributed by atoms with Gasteiger partial charge in [0, 0.05) is 23.6 Å². The van der Waals surface area contributed by atoms with Crippen molar-refractivity contribution in [3.63, 3.8) is 0 Å². The summed E-state index contributed by atoms with van der Waals surface area (Å²) in [7, 11) is 0. The molecule has 0 radical (unpaired) electrons. The van der Waals surface area contributed by atoms with Gasteiger partial charge in [0.25, 0.3) is 0 Å². The number of hydrogen-bond acceptors (Lipinski definition) is 2. The van der Waals surface area contributed by atoms with E-state index in [0.717, 1.165) is 30.4 Å². The molecule has 0 amide bonds. The summed E-state index contributed by atoms with van der Waals surface area (Å²) in [6, 6.07) is 0.199. The predicted octanol–water partition coefficient (Wildman–Crippen LogP) is 3.33. The highest BCUT2D eigenvalue weighted by atomic mass is 16.3. The number of nitrogens with zero attached hydrogens (tertiary/aromatic N) is 1. The van der Waals surface area contributed by atoms with E-state index in [-0.39, 0.29) is 17.8 Å². The lowest BCUT2D eigenvalue weighted by Gasteiger charge is -2.17. The minimum absolute atomic E-state index is 0.199. The summed E-state index contributed by atoms with van der Waals surface area (Å²) < 4.78 is 1.68. The maximum absolute atomic E-state index is 9.85. The van der Waals surface area contributed by atoms with Crippen LogP contribution in [0.4, 0.5) is 0 Å². The minimum Gasteiger partial charge on any atom is -0.494 e. The maximum atomic E-state index is 9.85. The molecule has 0 fully saturated rings. The Kier molecular flexibility index (Phi) is 3.13. The third-order valence-corrected chi connectivity index (χ3v) is 3.51. The Balaban J connectivity index is 1.92. The molecular weight excluding hydrogens is 202 g/mol. The van der Waals surface area contributed by atoms with Crippen LogP contribution in [0.2, 0.25) is 0 Å². The Morgan fingerprint density at radius 2 is 1.75 bits per heavy atom. The van der Waals surface area contributed by atoms with E-state index in [1.54, 1.807) is 4.57 Å². The van der Waals surface area contributed by atoms with E-state index in [1.165, 1.54) is 19.3 Å². The first-order chi connectivity index (χ1) is 7.66. The lowest BCUT2D eigenvalue weighted by atomic mass is 10.1. The second-order valence-corrected chi connectivity index (χ2v) is 4.85. The molecule has 0 saturated heterocycles. The largest absolute Gasteiger partial charge is 0.494 e. The van der Waals surface area contributed by atoms with E-state index in [1.807, 2.05) is 0 Å². The van der Waals surface area contributed by atoms with E-state index in [0.29, 0.717) is 0 Å². The van der Waals surface area contributed by atoms with Crippen molar-refractivity contribution in [3.8, 4) is 11.8 Å². The van der Waals surface area contributed by atoms with Gasteiger partial charge in [0.05, 0.1) is 0 Å². The molecule has 2 rings (SSSR count). The average Bonchev–Trinajstić information content (AvgIpc) is 2.99. The van der Waals surface area contributed by atoms with Crippen molar-refractivity contribution in [3.05, 3.63) is 11.1 Å². The fourth-order valence-electron chi connectivity index (χ4n) is 2.36. The van der Waals surface area contributed by atoms with Gasteiger partial charge >= 0.3 is 0 Å². The standard InChI is InChI=1S/C13H21NO2/c1-3-4-5-6-7-9(2)14-12(15)10-8-11(10)13(14)16/h9,15-16H,3-8H2,1-2H3. The van der Waals surface area contributed by atoms with Crippen LogP contribution in [0.1, 0.15) is 63.1 Å². The Bertz CT molecular complexity index is 356. The van der Waals surface area contributed by atoms with Gasteiger partial charge < -0.3 is 10.2 Å². The van der Waals surface area contributed by atoms with Gasteiger partial charge in [-0.15, -0.1) is 0 Å². The normalized spacial score (nSPS) is 14.9. The molecule has 1 atom stereocenters. The van der Waals surface area contributed by atoms with Crippen molar-refractivity contribution in [1.29, 1.82) is 0 Å². The number of aromatic nitrogens is 1. The summed E-state index contributed by atoms with van der Waals surface area (Å²) in [5, 5.41) is 19.7. The monoisotopic (exact) mass is 223 g/mol. The van der Waals surface area contributed by atoms with Crippen molar-refractivity contribution in [2.45, 2.75) is 58.4 Å². The topological polar surface area (TPSA) is 45.4 Å². The van der Waals surface area contributed by atoms with Gasteiger partial charge in [-0.1, -0.05) is 32.6 Å². The lowest BCUT2D eigenvalue weighted by molar-refractivity contribution is 0.323. The lowest BCUT2D eigenvalue weighted by Crippen LogP contribution is -2.05. The van der Waals surface area contributed by atoms with Crippen LogP contribution in [-0.2, 0) is 6.42 Å². The van der Waals surface area contributed by atoms with Crippen LogP contribution >= 0.6 is 0 Å². The molecule has 0 spiro atoms. The molecular formula is C13H21NO2. The van der Waals surface area contributed by atoms with Crippen LogP contribution in [0.25, 0.3) is 0 Å². The third kappa shape index (κ3) is 1.91. The molecule has 0 saturated carbocycles. The molecule has 0 aliphatic heterocycles. The molecule has 16 heavy (non-hydrogen) atoms. The molecule has 3 heteroatoms. The molecule has 3 nitrogen and oxygen atoms in total. The molecule has 2 N–H and O–H groups in total. The number of fused-ring (bicyclic) bond motifs is 1. The van der Waals surface area contributed by atoms with E-state index in [4.69, 9.17) is 0 Å². The highest BCUT2D eigenvalue weighted by Crippen LogP contribution is 2.48. The summed E-state index contributed by atoms with van der Waals surface area (Å²) in [4.78, 5) is 0. The fourth-order valence-corrected chi connectivity index (χ4v) is 2.36. The zero-order chi connectivity index (χ0) is 11.7. The molecule has 0 aromatic carbocycles. The average molecular weight is 223 g/mol. The zero-order valence-corrected chi connectivity index (χ0v) is 10.2.